The molecule has 8 heteroatoms. The van der Waals surface area contributed by atoms with Gasteiger partial charge in [-0.2, -0.15) is 5.21 Å². The highest BCUT2D eigenvalue weighted by Gasteiger charge is 2.28. The van der Waals surface area contributed by atoms with Crippen LogP contribution in [0.4, 0.5) is 4.79 Å². The number of hydrogen-bond acceptors (Lipinski definition) is 6. The third-order valence-corrected chi connectivity index (χ3v) is 3.04. The van der Waals surface area contributed by atoms with Crippen molar-refractivity contribution in [3.05, 3.63) is 5.82 Å². The molecule has 1 fully saturated rings. The van der Waals surface area contributed by atoms with Gasteiger partial charge >= 0.3 is 6.09 Å². The van der Waals surface area contributed by atoms with Crippen LogP contribution in [-0.2, 0) is 15.9 Å². The van der Waals surface area contributed by atoms with E-state index in [0.29, 0.717) is 37.9 Å². The van der Waals surface area contributed by atoms with E-state index in [1.54, 1.807) is 4.90 Å². The van der Waals surface area contributed by atoms with Crippen molar-refractivity contribution >= 4 is 6.09 Å². The van der Waals surface area contributed by atoms with Gasteiger partial charge in [-0.25, -0.2) is 4.79 Å². The minimum Gasteiger partial charge on any atom is -0.447 e. The van der Waals surface area contributed by atoms with E-state index in [9.17, 15) is 4.79 Å². The summed E-state index contributed by atoms with van der Waals surface area (Å²) < 4.78 is 10.1. The average Bonchev–Trinajstić information content (AvgIpc) is 3.10. The van der Waals surface area contributed by atoms with E-state index < -0.39 is 0 Å². The van der Waals surface area contributed by atoms with Gasteiger partial charge in [0.05, 0.1) is 6.61 Å². The van der Waals surface area contributed by atoms with Crippen LogP contribution in [0.15, 0.2) is 0 Å². The van der Waals surface area contributed by atoms with Crippen LogP contribution in [0, 0.1) is 18.3 Å². The molecule has 2 heterocycles. The van der Waals surface area contributed by atoms with Crippen molar-refractivity contribution < 1.29 is 14.3 Å². The SMILES string of the molecule is C#CCOCCOC(=O)N1CCC(Cc2nn[nH]n2)C1. The Morgan fingerprint density at radius 3 is 3.20 bits per heavy atom. The fraction of sp³-hybridized carbons (Fsp3) is 0.667. The molecule has 0 radical (unpaired) electrons. The Kier molecular flexibility index (Phi) is 5.32. The lowest BCUT2D eigenvalue weighted by molar-refractivity contribution is 0.0682. The number of nitrogens with one attached hydrogen (secondary N) is 1. The number of terminal acetylenes is 1. The third-order valence-electron chi connectivity index (χ3n) is 3.04. The van der Waals surface area contributed by atoms with Gasteiger partial charge in [0.25, 0.3) is 0 Å². The van der Waals surface area contributed by atoms with Gasteiger partial charge in [-0.1, -0.05) is 11.1 Å². The molecule has 8 nitrogen and oxygen atoms in total. The lowest BCUT2D eigenvalue weighted by atomic mass is 10.1. The Morgan fingerprint density at radius 2 is 2.45 bits per heavy atom. The van der Waals surface area contributed by atoms with Crippen LogP contribution in [0.25, 0.3) is 0 Å². The zero-order valence-corrected chi connectivity index (χ0v) is 11.1. The predicted molar refractivity (Wildman–Crippen MR) is 68.6 cm³/mol. The minimum absolute atomic E-state index is 0.215. The molecule has 0 bridgehead atoms. The summed E-state index contributed by atoms with van der Waals surface area (Å²) in [4.78, 5) is 13.5. The molecule has 0 spiro atoms. The molecule has 20 heavy (non-hydrogen) atoms. The number of rotatable bonds is 6. The maximum Gasteiger partial charge on any atom is 0.409 e. The van der Waals surface area contributed by atoms with Gasteiger partial charge < -0.3 is 14.4 Å². The zero-order chi connectivity index (χ0) is 14.2. The highest BCUT2D eigenvalue weighted by Crippen LogP contribution is 2.19. The summed E-state index contributed by atoms with van der Waals surface area (Å²) in [6.45, 7) is 2.10. The van der Waals surface area contributed by atoms with E-state index in [4.69, 9.17) is 15.9 Å². The van der Waals surface area contributed by atoms with Crippen molar-refractivity contribution in [1.29, 1.82) is 0 Å². The van der Waals surface area contributed by atoms with Crippen molar-refractivity contribution in [3.63, 3.8) is 0 Å². The van der Waals surface area contributed by atoms with E-state index in [1.807, 2.05) is 0 Å². The number of aromatic nitrogens is 4. The summed E-state index contributed by atoms with van der Waals surface area (Å²) in [6.07, 6.45) is 6.35. The highest BCUT2D eigenvalue weighted by molar-refractivity contribution is 5.67. The molecule has 1 aromatic rings. The van der Waals surface area contributed by atoms with Crippen molar-refractivity contribution in [2.45, 2.75) is 12.8 Å². The maximum absolute atomic E-state index is 11.8. The number of carbonyl (C=O) groups excluding carboxylic acids is 1. The zero-order valence-electron chi connectivity index (χ0n) is 11.1. The van der Waals surface area contributed by atoms with Gasteiger partial charge in [0.15, 0.2) is 5.82 Å². The molecule has 1 unspecified atom stereocenters. The second-order valence-corrected chi connectivity index (χ2v) is 4.50. The van der Waals surface area contributed by atoms with Crippen molar-refractivity contribution in [2.75, 3.05) is 32.9 Å². The van der Waals surface area contributed by atoms with Crippen LogP contribution in [0.3, 0.4) is 0 Å². The number of H-pyrrole nitrogens is 1. The quantitative estimate of drug-likeness (QED) is 0.575. The van der Waals surface area contributed by atoms with Crippen molar-refractivity contribution in [1.82, 2.24) is 25.5 Å². The van der Waals surface area contributed by atoms with Crippen LogP contribution in [0.2, 0.25) is 0 Å². The molecule has 0 aliphatic carbocycles. The standard InChI is InChI=1S/C12H17N5O3/c1-2-5-19-6-7-20-12(18)17-4-3-10(9-17)8-11-13-15-16-14-11/h1,10H,3-9H2,(H,13,14,15,16). The number of carbonyl (C=O) groups is 1. The van der Waals surface area contributed by atoms with Crippen LogP contribution in [0.1, 0.15) is 12.2 Å². The second kappa shape index (κ2) is 7.45. The molecular weight excluding hydrogens is 262 g/mol. The summed E-state index contributed by atoms with van der Waals surface area (Å²) in [5.41, 5.74) is 0. The summed E-state index contributed by atoms with van der Waals surface area (Å²) >= 11 is 0. The van der Waals surface area contributed by atoms with Gasteiger partial charge in [0.1, 0.15) is 13.2 Å². The van der Waals surface area contributed by atoms with Gasteiger partial charge in [-0.05, 0) is 12.3 Å². The first-order chi connectivity index (χ1) is 9.79. The van der Waals surface area contributed by atoms with Crippen LogP contribution in [0.5, 0.6) is 0 Å². The molecule has 1 N–H and O–H groups in total. The lowest BCUT2D eigenvalue weighted by Gasteiger charge is -2.15. The highest BCUT2D eigenvalue weighted by atomic mass is 16.6. The van der Waals surface area contributed by atoms with Crippen LogP contribution in [-0.4, -0.2) is 64.5 Å². The topological polar surface area (TPSA) is 93.2 Å². The van der Waals surface area contributed by atoms with Gasteiger partial charge in [-0.15, -0.1) is 16.6 Å². The monoisotopic (exact) mass is 279 g/mol. The van der Waals surface area contributed by atoms with E-state index in [0.717, 1.165) is 6.42 Å². The Balaban J connectivity index is 1.64. The first-order valence-corrected chi connectivity index (χ1v) is 6.45. The maximum atomic E-state index is 11.8. The first kappa shape index (κ1) is 14.3. The summed E-state index contributed by atoms with van der Waals surface area (Å²) in [6, 6.07) is 0. The first-order valence-electron chi connectivity index (χ1n) is 6.45. The van der Waals surface area contributed by atoms with Crippen molar-refractivity contribution in [2.24, 2.45) is 5.92 Å². The number of likely N-dealkylation sites (tertiary alicyclic amines) is 1. The van der Waals surface area contributed by atoms with Gasteiger partial charge in [0.2, 0.25) is 0 Å². The van der Waals surface area contributed by atoms with Crippen LogP contribution < -0.4 is 0 Å². The third kappa shape index (κ3) is 4.20. The number of hydrogen-bond donors (Lipinski definition) is 1. The number of amides is 1. The molecular formula is C12H17N5O3. The number of aromatic amines is 1. The Bertz CT molecular complexity index is 456. The Labute approximate surface area is 116 Å². The molecule has 1 aromatic heterocycles. The molecule has 1 aliphatic rings. The summed E-state index contributed by atoms with van der Waals surface area (Å²) in [5, 5.41) is 13.8. The number of nitrogens with zero attached hydrogens (tertiary/aromatic N) is 4. The largest absolute Gasteiger partial charge is 0.447 e. The summed E-state index contributed by atoms with van der Waals surface area (Å²) in [7, 11) is 0. The fourth-order valence-corrected chi connectivity index (χ4v) is 2.10. The number of ether oxygens (including phenoxy) is 2. The smallest absolute Gasteiger partial charge is 0.409 e. The van der Waals surface area contributed by atoms with E-state index >= 15 is 0 Å². The van der Waals surface area contributed by atoms with Gasteiger partial charge in [-0.3, -0.25) is 0 Å². The predicted octanol–water partition coefficient (Wildman–Crippen LogP) is -0.150. The minimum atomic E-state index is -0.315. The molecule has 108 valence electrons. The van der Waals surface area contributed by atoms with E-state index in [2.05, 4.69) is 26.5 Å². The Hall–Kier alpha value is -2.14. The average molecular weight is 279 g/mol. The lowest BCUT2D eigenvalue weighted by Crippen LogP contribution is -2.30. The fourth-order valence-electron chi connectivity index (χ4n) is 2.10. The summed E-state index contributed by atoms with van der Waals surface area (Å²) in [5.74, 6) is 3.36. The second-order valence-electron chi connectivity index (χ2n) is 4.50. The van der Waals surface area contributed by atoms with Crippen LogP contribution >= 0.6 is 0 Å². The molecule has 1 atom stereocenters. The van der Waals surface area contributed by atoms with Gasteiger partial charge in [0, 0.05) is 19.5 Å². The molecule has 0 aromatic carbocycles. The molecule has 2 rings (SSSR count). The normalized spacial score (nSPS) is 17.9. The molecule has 1 saturated heterocycles. The van der Waals surface area contributed by atoms with E-state index in [1.165, 1.54) is 0 Å². The molecule has 1 amide bonds. The number of tetrazole rings is 1. The van der Waals surface area contributed by atoms with Crippen molar-refractivity contribution in [3.8, 4) is 12.3 Å². The van der Waals surface area contributed by atoms with E-state index in [-0.39, 0.29) is 19.3 Å². The Morgan fingerprint density at radius 1 is 1.55 bits per heavy atom. The molecule has 0 saturated carbocycles. The molecule has 1 aliphatic heterocycles.